The van der Waals surface area contributed by atoms with Gasteiger partial charge in [0.05, 0.1) is 0 Å². The standard InChI is InChI=1S/C6H12N2O2/c1-5(2)7-8-6(9)4-10-3/h4H2,1-3H3,(H,8,9). The summed E-state index contributed by atoms with van der Waals surface area (Å²) in [6, 6.07) is 0. The summed E-state index contributed by atoms with van der Waals surface area (Å²) in [5, 5.41) is 3.68. The van der Waals surface area contributed by atoms with Gasteiger partial charge in [0.1, 0.15) is 6.61 Å². The molecule has 0 atom stereocenters. The van der Waals surface area contributed by atoms with Gasteiger partial charge >= 0.3 is 0 Å². The molecule has 4 nitrogen and oxygen atoms in total. The molecule has 0 aliphatic rings. The summed E-state index contributed by atoms with van der Waals surface area (Å²) in [7, 11) is 1.46. The van der Waals surface area contributed by atoms with Crippen LogP contribution in [0.15, 0.2) is 5.10 Å². The van der Waals surface area contributed by atoms with Crippen LogP contribution in [0.2, 0.25) is 0 Å². The maximum atomic E-state index is 10.6. The molecule has 0 fully saturated rings. The fourth-order valence-electron chi connectivity index (χ4n) is 0.338. The Morgan fingerprint density at radius 3 is 2.60 bits per heavy atom. The van der Waals surface area contributed by atoms with E-state index in [4.69, 9.17) is 0 Å². The van der Waals surface area contributed by atoms with Crippen LogP contribution in [0.5, 0.6) is 0 Å². The van der Waals surface area contributed by atoms with Crippen LogP contribution in [0.25, 0.3) is 0 Å². The topological polar surface area (TPSA) is 50.7 Å². The summed E-state index contributed by atoms with van der Waals surface area (Å²) in [6.07, 6.45) is 0. The Morgan fingerprint density at radius 2 is 2.20 bits per heavy atom. The van der Waals surface area contributed by atoms with Crippen LogP contribution in [0.1, 0.15) is 13.8 Å². The molecular weight excluding hydrogens is 132 g/mol. The monoisotopic (exact) mass is 144 g/mol. The van der Waals surface area contributed by atoms with Crippen LogP contribution in [-0.2, 0) is 9.53 Å². The lowest BCUT2D eigenvalue weighted by atomic mass is 10.5. The van der Waals surface area contributed by atoms with Crippen LogP contribution in [-0.4, -0.2) is 25.3 Å². The summed E-state index contributed by atoms with van der Waals surface area (Å²) < 4.78 is 4.55. The zero-order valence-electron chi connectivity index (χ0n) is 6.47. The fourth-order valence-corrected chi connectivity index (χ4v) is 0.338. The Morgan fingerprint density at radius 1 is 1.60 bits per heavy atom. The molecule has 0 spiro atoms. The number of hydrogen-bond acceptors (Lipinski definition) is 3. The van der Waals surface area contributed by atoms with Crippen molar-refractivity contribution in [2.75, 3.05) is 13.7 Å². The van der Waals surface area contributed by atoms with E-state index in [9.17, 15) is 4.79 Å². The maximum absolute atomic E-state index is 10.6. The molecule has 10 heavy (non-hydrogen) atoms. The highest BCUT2D eigenvalue weighted by molar-refractivity contribution is 5.82. The van der Waals surface area contributed by atoms with Crippen LogP contribution >= 0.6 is 0 Å². The molecule has 4 heteroatoms. The van der Waals surface area contributed by atoms with Gasteiger partial charge in [0, 0.05) is 12.8 Å². The van der Waals surface area contributed by atoms with Crippen molar-refractivity contribution >= 4 is 11.6 Å². The number of nitrogens with one attached hydrogen (secondary N) is 1. The first-order valence-electron chi connectivity index (χ1n) is 2.95. The quantitative estimate of drug-likeness (QED) is 0.452. The van der Waals surface area contributed by atoms with E-state index in [1.807, 2.05) is 0 Å². The first-order chi connectivity index (χ1) is 4.66. The number of methoxy groups -OCH3 is 1. The predicted octanol–water partition coefficient (Wildman–Crippen LogP) is 0.145. The van der Waals surface area contributed by atoms with E-state index in [0.29, 0.717) is 0 Å². The molecule has 0 aliphatic carbocycles. The van der Waals surface area contributed by atoms with Crippen molar-refractivity contribution in [3.63, 3.8) is 0 Å². The Kier molecular flexibility index (Phi) is 4.49. The van der Waals surface area contributed by atoms with E-state index < -0.39 is 0 Å². The lowest BCUT2D eigenvalue weighted by molar-refractivity contribution is -0.124. The zero-order chi connectivity index (χ0) is 7.98. The summed E-state index contributed by atoms with van der Waals surface area (Å²) in [4.78, 5) is 10.6. The summed E-state index contributed by atoms with van der Waals surface area (Å²) in [5.74, 6) is -0.233. The zero-order valence-corrected chi connectivity index (χ0v) is 6.47. The van der Waals surface area contributed by atoms with Crippen LogP contribution in [0, 0.1) is 0 Å². The molecule has 0 unspecified atom stereocenters. The smallest absolute Gasteiger partial charge is 0.266 e. The van der Waals surface area contributed by atoms with Gasteiger partial charge in [-0.15, -0.1) is 0 Å². The number of carbonyl (C=O) groups excluding carboxylic acids is 1. The Balaban J connectivity index is 3.49. The molecular formula is C6H12N2O2. The summed E-state index contributed by atoms with van der Waals surface area (Å²) >= 11 is 0. The Bertz CT molecular complexity index is 139. The molecule has 58 valence electrons. The fraction of sp³-hybridized carbons (Fsp3) is 0.667. The van der Waals surface area contributed by atoms with E-state index in [2.05, 4.69) is 15.3 Å². The van der Waals surface area contributed by atoms with Gasteiger partial charge in [-0.1, -0.05) is 0 Å². The molecule has 0 aliphatic heterocycles. The molecule has 0 rings (SSSR count). The number of carbonyl (C=O) groups is 1. The first kappa shape index (κ1) is 9.10. The lowest BCUT2D eigenvalue weighted by Gasteiger charge is -1.96. The van der Waals surface area contributed by atoms with Gasteiger partial charge < -0.3 is 4.74 Å². The molecule has 0 saturated heterocycles. The number of rotatable bonds is 3. The van der Waals surface area contributed by atoms with E-state index in [-0.39, 0.29) is 12.5 Å². The maximum Gasteiger partial charge on any atom is 0.266 e. The van der Waals surface area contributed by atoms with Crippen molar-refractivity contribution in [1.82, 2.24) is 5.43 Å². The third-order valence-electron chi connectivity index (χ3n) is 0.680. The van der Waals surface area contributed by atoms with E-state index >= 15 is 0 Å². The second kappa shape index (κ2) is 4.93. The minimum atomic E-state index is -0.233. The highest BCUT2D eigenvalue weighted by Gasteiger charge is 1.94. The van der Waals surface area contributed by atoms with E-state index in [1.54, 1.807) is 13.8 Å². The van der Waals surface area contributed by atoms with Crippen molar-refractivity contribution in [2.45, 2.75) is 13.8 Å². The van der Waals surface area contributed by atoms with Crippen molar-refractivity contribution in [3.05, 3.63) is 0 Å². The number of ether oxygens (including phenoxy) is 1. The lowest BCUT2D eigenvalue weighted by Crippen LogP contribution is -2.22. The van der Waals surface area contributed by atoms with Gasteiger partial charge in [-0.25, -0.2) is 5.43 Å². The number of hydrogen-bond donors (Lipinski definition) is 1. The molecule has 0 radical (unpaired) electrons. The molecule has 1 amide bonds. The SMILES string of the molecule is COCC(=O)NN=C(C)C. The Hall–Kier alpha value is -0.900. The van der Waals surface area contributed by atoms with Gasteiger partial charge in [-0.3, -0.25) is 4.79 Å². The molecule has 0 saturated carbocycles. The van der Waals surface area contributed by atoms with Crippen LogP contribution in [0.3, 0.4) is 0 Å². The average Bonchev–Trinajstić information content (AvgIpc) is 1.85. The number of hydrazone groups is 1. The summed E-state index contributed by atoms with van der Waals surface area (Å²) in [5.41, 5.74) is 3.12. The van der Waals surface area contributed by atoms with Gasteiger partial charge in [0.2, 0.25) is 0 Å². The second-order valence-corrected chi connectivity index (χ2v) is 2.03. The van der Waals surface area contributed by atoms with Gasteiger partial charge in [0.15, 0.2) is 0 Å². The summed E-state index contributed by atoms with van der Waals surface area (Å²) in [6.45, 7) is 3.65. The second-order valence-electron chi connectivity index (χ2n) is 2.03. The Labute approximate surface area is 60.3 Å². The van der Waals surface area contributed by atoms with E-state index in [1.165, 1.54) is 7.11 Å². The average molecular weight is 144 g/mol. The van der Waals surface area contributed by atoms with Gasteiger partial charge in [-0.05, 0) is 13.8 Å². The van der Waals surface area contributed by atoms with Crippen molar-refractivity contribution in [1.29, 1.82) is 0 Å². The highest BCUT2D eigenvalue weighted by atomic mass is 16.5. The molecule has 0 aromatic rings. The predicted molar refractivity (Wildman–Crippen MR) is 38.8 cm³/mol. The van der Waals surface area contributed by atoms with Crippen LogP contribution < -0.4 is 5.43 Å². The molecule has 0 heterocycles. The van der Waals surface area contributed by atoms with E-state index in [0.717, 1.165) is 5.71 Å². The highest BCUT2D eigenvalue weighted by Crippen LogP contribution is 1.72. The third-order valence-corrected chi connectivity index (χ3v) is 0.680. The largest absolute Gasteiger partial charge is 0.375 e. The molecule has 1 N–H and O–H groups in total. The third kappa shape index (κ3) is 5.24. The number of amides is 1. The minimum Gasteiger partial charge on any atom is -0.375 e. The van der Waals surface area contributed by atoms with Gasteiger partial charge in [0.25, 0.3) is 5.91 Å². The molecule has 0 bridgehead atoms. The molecule has 0 aromatic heterocycles. The van der Waals surface area contributed by atoms with Crippen molar-refractivity contribution in [2.24, 2.45) is 5.10 Å². The number of nitrogens with zero attached hydrogens (tertiary/aromatic N) is 1. The van der Waals surface area contributed by atoms with Crippen molar-refractivity contribution in [3.8, 4) is 0 Å². The van der Waals surface area contributed by atoms with Crippen LogP contribution in [0.4, 0.5) is 0 Å². The van der Waals surface area contributed by atoms with Crippen molar-refractivity contribution < 1.29 is 9.53 Å². The van der Waals surface area contributed by atoms with Gasteiger partial charge in [-0.2, -0.15) is 5.10 Å². The normalized spacial score (nSPS) is 8.70. The minimum absolute atomic E-state index is 0.0524. The molecule has 0 aromatic carbocycles. The first-order valence-corrected chi connectivity index (χ1v) is 2.95.